The van der Waals surface area contributed by atoms with Crippen LogP contribution in [0.25, 0.3) is 33.5 Å². The van der Waals surface area contributed by atoms with E-state index in [9.17, 15) is 4.79 Å². The van der Waals surface area contributed by atoms with E-state index in [-0.39, 0.29) is 11.7 Å². The van der Waals surface area contributed by atoms with E-state index in [4.69, 9.17) is 20.4 Å². The van der Waals surface area contributed by atoms with Gasteiger partial charge < -0.3 is 14.2 Å². The van der Waals surface area contributed by atoms with Gasteiger partial charge in [0.05, 0.1) is 16.8 Å². The number of carbonyl (C=O) groups is 1. The highest BCUT2D eigenvalue weighted by Gasteiger charge is 2.15. The van der Waals surface area contributed by atoms with Crippen LogP contribution in [0.5, 0.6) is 0 Å². The molecule has 0 saturated carbocycles. The fraction of sp³-hybridized carbons (Fsp3) is 0. The van der Waals surface area contributed by atoms with Crippen molar-refractivity contribution < 1.29 is 13.6 Å². The van der Waals surface area contributed by atoms with E-state index in [2.05, 4.69) is 15.3 Å². The fourth-order valence-electron chi connectivity index (χ4n) is 2.95. The number of pyridine rings is 1. The molecule has 6 nitrogen and oxygen atoms in total. The topological polar surface area (TPSA) is 81.2 Å². The number of aromatic nitrogens is 2. The molecule has 0 saturated heterocycles. The lowest BCUT2D eigenvalue weighted by atomic mass is 10.2. The van der Waals surface area contributed by atoms with Crippen molar-refractivity contribution in [2.45, 2.75) is 0 Å². The van der Waals surface area contributed by atoms with Gasteiger partial charge in [0, 0.05) is 23.3 Å². The van der Waals surface area contributed by atoms with Gasteiger partial charge in [0.2, 0.25) is 5.89 Å². The maximum Gasteiger partial charge on any atom is 0.291 e. The lowest BCUT2D eigenvalue weighted by Crippen LogP contribution is -2.10. The molecule has 0 fully saturated rings. The van der Waals surface area contributed by atoms with Crippen LogP contribution in [0.1, 0.15) is 10.6 Å². The molecule has 7 heteroatoms. The van der Waals surface area contributed by atoms with E-state index < -0.39 is 0 Å². The summed E-state index contributed by atoms with van der Waals surface area (Å²) in [6.45, 7) is 0. The number of oxazole rings is 1. The quantitative estimate of drug-likeness (QED) is 0.438. The zero-order valence-corrected chi connectivity index (χ0v) is 15.1. The van der Waals surface area contributed by atoms with Gasteiger partial charge in [0.1, 0.15) is 11.1 Å². The molecule has 0 bridgehead atoms. The van der Waals surface area contributed by atoms with Gasteiger partial charge in [0.25, 0.3) is 5.91 Å². The number of hydrogen-bond acceptors (Lipinski definition) is 5. The first-order valence-electron chi connectivity index (χ1n) is 8.48. The molecule has 5 rings (SSSR count). The summed E-state index contributed by atoms with van der Waals surface area (Å²) in [5.41, 5.74) is 3.10. The highest BCUT2D eigenvalue weighted by molar-refractivity contribution is 6.33. The Morgan fingerprint density at radius 3 is 2.71 bits per heavy atom. The summed E-state index contributed by atoms with van der Waals surface area (Å²) in [5, 5.41) is 4.06. The molecule has 0 radical (unpaired) electrons. The second-order valence-electron chi connectivity index (χ2n) is 6.16. The zero-order valence-electron chi connectivity index (χ0n) is 14.3. The minimum atomic E-state index is -0.354. The number of nitrogens with one attached hydrogen (secondary N) is 1. The summed E-state index contributed by atoms with van der Waals surface area (Å²) in [6.07, 6.45) is 3.26. The lowest BCUT2D eigenvalue weighted by Gasteiger charge is -2.06. The van der Waals surface area contributed by atoms with E-state index in [1.165, 1.54) is 0 Å². The maximum atomic E-state index is 12.5. The summed E-state index contributed by atoms with van der Waals surface area (Å²) >= 11 is 6.39. The van der Waals surface area contributed by atoms with Gasteiger partial charge in [0.15, 0.2) is 11.3 Å². The third-order valence-corrected chi connectivity index (χ3v) is 4.61. The molecule has 0 atom stereocenters. The summed E-state index contributed by atoms with van der Waals surface area (Å²) in [5.74, 6) is 0.268. The van der Waals surface area contributed by atoms with Crippen LogP contribution in [0.15, 0.2) is 75.8 Å². The molecule has 136 valence electrons. The Balaban J connectivity index is 1.42. The third kappa shape index (κ3) is 2.90. The second kappa shape index (κ2) is 6.51. The zero-order chi connectivity index (χ0) is 19.1. The van der Waals surface area contributed by atoms with Crippen molar-refractivity contribution in [3.8, 4) is 11.5 Å². The largest absolute Gasteiger partial charge is 0.451 e. The van der Waals surface area contributed by atoms with Crippen molar-refractivity contribution in [3.05, 3.63) is 77.8 Å². The van der Waals surface area contributed by atoms with Crippen molar-refractivity contribution in [1.29, 1.82) is 0 Å². The van der Waals surface area contributed by atoms with Crippen LogP contribution in [0.3, 0.4) is 0 Å². The predicted octanol–water partition coefficient (Wildman–Crippen LogP) is 5.54. The first-order valence-corrected chi connectivity index (χ1v) is 8.85. The van der Waals surface area contributed by atoms with E-state index in [0.717, 1.165) is 5.39 Å². The number of carbonyl (C=O) groups excluding carboxylic acids is 1. The van der Waals surface area contributed by atoms with E-state index in [0.29, 0.717) is 38.8 Å². The molecular weight excluding hydrogens is 378 g/mol. The van der Waals surface area contributed by atoms with Gasteiger partial charge in [-0.1, -0.05) is 29.8 Å². The highest BCUT2D eigenvalue weighted by Crippen LogP contribution is 2.32. The van der Waals surface area contributed by atoms with Gasteiger partial charge in [-0.05, 0) is 30.3 Å². The summed E-state index contributed by atoms with van der Waals surface area (Å²) < 4.78 is 11.3. The Hall–Kier alpha value is -3.64. The van der Waals surface area contributed by atoms with E-state index in [1.807, 2.05) is 24.3 Å². The Morgan fingerprint density at radius 2 is 1.89 bits per heavy atom. The monoisotopic (exact) mass is 389 g/mol. The molecule has 28 heavy (non-hydrogen) atoms. The second-order valence-corrected chi connectivity index (χ2v) is 6.57. The molecule has 5 aromatic rings. The van der Waals surface area contributed by atoms with Crippen molar-refractivity contribution >= 4 is 45.3 Å². The SMILES string of the molecule is O=C(Nc1ccc(-c2nc3cnccc3o2)c(Cl)c1)c1cc2ccccc2o1. The Kier molecular flexibility index (Phi) is 3.84. The van der Waals surface area contributed by atoms with Crippen molar-refractivity contribution in [2.75, 3.05) is 5.32 Å². The summed E-state index contributed by atoms with van der Waals surface area (Å²) in [7, 11) is 0. The molecular formula is C21H12ClN3O3. The first-order chi connectivity index (χ1) is 13.7. The van der Waals surface area contributed by atoms with Gasteiger partial charge in [-0.15, -0.1) is 0 Å². The number of furan rings is 1. The van der Waals surface area contributed by atoms with Gasteiger partial charge in [-0.3, -0.25) is 9.78 Å². The van der Waals surface area contributed by atoms with Crippen LogP contribution >= 0.6 is 11.6 Å². The molecule has 1 amide bonds. The van der Waals surface area contributed by atoms with Gasteiger partial charge in [-0.25, -0.2) is 4.98 Å². The standard InChI is InChI=1S/C21H12ClN3O3/c22-15-10-13(24-20(26)19-9-12-3-1-2-4-17(12)27-19)5-6-14(15)21-25-16-11-23-8-7-18(16)28-21/h1-11H,(H,24,26). The normalized spacial score (nSPS) is 11.2. The molecule has 1 N–H and O–H groups in total. The number of para-hydroxylation sites is 1. The predicted molar refractivity (Wildman–Crippen MR) is 106 cm³/mol. The average Bonchev–Trinajstić information content (AvgIpc) is 3.32. The van der Waals surface area contributed by atoms with E-state index >= 15 is 0 Å². The molecule has 0 unspecified atom stereocenters. The minimum Gasteiger partial charge on any atom is -0.451 e. The number of amides is 1. The van der Waals surface area contributed by atoms with Crippen LogP contribution < -0.4 is 5.32 Å². The van der Waals surface area contributed by atoms with Crippen LogP contribution in [-0.2, 0) is 0 Å². The molecule has 0 aliphatic carbocycles. The molecule has 3 heterocycles. The highest BCUT2D eigenvalue weighted by atomic mass is 35.5. The Morgan fingerprint density at radius 1 is 1.00 bits per heavy atom. The Bertz CT molecular complexity index is 1270. The number of fused-ring (bicyclic) bond motifs is 2. The van der Waals surface area contributed by atoms with Gasteiger partial charge in [-0.2, -0.15) is 0 Å². The number of hydrogen-bond donors (Lipinski definition) is 1. The number of anilines is 1. The van der Waals surface area contributed by atoms with Crippen LogP contribution in [0, 0.1) is 0 Å². The fourth-order valence-corrected chi connectivity index (χ4v) is 3.21. The molecule has 0 spiro atoms. The molecule has 3 aromatic heterocycles. The minimum absolute atomic E-state index is 0.229. The maximum absolute atomic E-state index is 12.5. The number of benzene rings is 2. The molecule has 0 aliphatic heterocycles. The van der Waals surface area contributed by atoms with E-state index in [1.54, 1.807) is 42.7 Å². The first kappa shape index (κ1) is 16.5. The number of halogens is 1. The number of nitrogens with zero attached hydrogens (tertiary/aromatic N) is 2. The number of rotatable bonds is 3. The van der Waals surface area contributed by atoms with Crippen molar-refractivity contribution in [2.24, 2.45) is 0 Å². The van der Waals surface area contributed by atoms with Crippen LogP contribution in [-0.4, -0.2) is 15.9 Å². The van der Waals surface area contributed by atoms with Crippen LogP contribution in [0.4, 0.5) is 5.69 Å². The Labute approximate surface area is 163 Å². The lowest BCUT2D eigenvalue weighted by molar-refractivity contribution is 0.0998. The molecule has 0 aliphatic rings. The smallest absolute Gasteiger partial charge is 0.291 e. The summed E-state index contributed by atoms with van der Waals surface area (Å²) in [4.78, 5) is 20.9. The van der Waals surface area contributed by atoms with Crippen molar-refractivity contribution in [3.63, 3.8) is 0 Å². The summed E-state index contributed by atoms with van der Waals surface area (Å²) in [6, 6.07) is 16.0. The molecule has 2 aromatic carbocycles. The third-order valence-electron chi connectivity index (χ3n) is 4.30. The van der Waals surface area contributed by atoms with Crippen LogP contribution in [0.2, 0.25) is 5.02 Å². The van der Waals surface area contributed by atoms with Gasteiger partial charge >= 0.3 is 0 Å². The van der Waals surface area contributed by atoms with Crippen molar-refractivity contribution in [1.82, 2.24) is 9.97 Å². The average molecular weight is 390 g/mol.